The fourth-order valence-corrected chi connectivity index (χ4v) is 4.94. The highest BCUT2D eigenvalue weighted by molar-refractivity contribution is 7.99. The minimum absolute atomic E-state index is 0.0270. The number of carbonyl (C=O) groups is 2. The summed E-state index contributed by atoms with van der Waals surface area (Å²) in [5, 5.41) is 0. The van der Waals surface area contributed by atoms with Crippen LogP contribution in [0.4, 0.5) is 4.39 Å². The molecule has 0 saturated carbocycles. The van der Waals surface area contributed by atoms with Crippen LogP contribution in [0.1, 0.15) is 34.1 Å². The van der Waals surface area contributed by atoms with Gasteiger partial charge in [0.15, 0.2) is 0 Å². The number of nitrogens with zero attached hydrogens (tertiary/aromatic N) is 2. The summed E-state index contributed by atoms with van der Waals surface area (Å²) in [6.07, 6.45) is 1.76. The van der Waals surface area contributed by atoms with E-state index in [0.717, 1.165) is 17.9 Å². The third-order valence-electron chi connectivity index (χ3n) is 4.09. The first kappa shape index (κ1) is 19.9. The molecule has 22 heavy (non-hydrogen) atoms. The van der Waals surface area contributed by atoms with E-state index in [2.05, 4.69) is 23.2 Å². The van der Waals surface area contributed by atoms with Crippen LogP contribution >= 0.6 is 21.2 Å². The molecular formula is C15H28FN2O2PS. The van der Waals surface area contributed by atoms with E-state index in [1.54, 1.807) is 6.26 Å². The van der Waals surface area contributed by atoms with Crippen LogP contribution in [-0.4, -0.2) is 59.2 Å². The number of alkyl halides is 1. The molecule has 1 rings (SSSR count). The largest absolute Gasteiger partial charge is 0.284 e. The van der Waals surface area contributed by atoms with Crippen molar-refractivity contribution in [3.8, 4) is 0 Å². The Morgan fingerprint density at radius 2 is 2.05 bits per heavy atom. The molecule has 3 atom stereocenters. The highest BCUT2D eigenvalue weighted by Gasteiger charge is 2.46. The van der Waals surface area contributed by atoms with Gasteiger partial charge < -0.3 is 0 Å². The Morgan fingerprint density at radius 3 is 2.55 bits per heavy atom. The van der Waals surface area contributed by atoms with Crippen molar-refractivity contribution in [1.29, 1.82) is 0 Å². The van der Waals surface area contributed by atoms with E-state index in [1.165, 1.54) is 11.8 Å². The van der Waals surface area contributed by atoms with Gasteiger partial charge in [0, 0.05) is 13.1 Å². The number of hydrogen-bond acceptors (Lipinski definition) is 4. The fraction of sp³-hybridized carbons (Fsp3) is 0.867. The van der Waals surface area contributed by atoms with Gasteiger partial charge >= 0.3 is 0 Å². The van der Waals surface area contributed by atoms with E-state index in [4.69, 9.17) is 0 Å². The molecule has 7 heteroatoms. The summed E-state index contributed by atoms with van der Waals surface area (Å²) in [6, 6.07) is -0.743. The number of thioether (sulfide) groups is 1. The van der Waals surface area contributed by atoms with E-state index in [-0.39, 0.29) is 23.6 Å². The van der Waals surface area contributed by atoms with Crippen molar-refractivity contribution in [3.05, 3.63) is 0 Å². The van der Waals surface area contributed by atoms with Crippen LogP contribution in [-0.2, 0) is 9.59 Å². The van der Waals surface area contributed by atoms with Crippen LogP contribution < -0.4 is 0 Å². The molecule has 3 unspecified atom stereocenters. The van der Waals surface area contributed by atoms with Crippen LogP contribution in [0.25, 0.3) is 0 Å². The Hall–Kier alpha value is -0.190. The van der Waals surface area contributed by atoms with Gasteiger partial charge in [-0.1, -0.05) is 37.1 Å². The molecule has 4 nitrogen and oxygen atoms in total. The van der Waals surface area contributed by atoms with Gasteiger partial charge in [-0.2, -0.15) is 11.8 Å². The van der Waals surface area contributed by atoms with Gasteiger partial charge in [0.25, 0.3) is 0 Å². The average Bonchev–Trinajstić information content (AvgIpc) is 2.31. The van der Waals surface area contributed by atoms with E-state index in [0.29, 0.717) is 6.41 Å². The maximum absolute atomic E-state index is 14.9. The van der Waals surface area contributed by atoms with Gasteiger partial charge in [0.05, 0.1) is 11.8 Å². The highest BCUT2D eigenvalue weighted by atomic mass is 32.2. The number of hydrogen-bond donors (Lipinski definition) is 0. The zero-order valence-electron chi connectivity index (χ0n) is 14.1. The second-order valence-electron chi connectivity index (χ2n) is 7.56. The second kappa shape index (κ2) is 7.59. The quantitative estimate of drug-likeness (QED) is 0.577. The topological polar surface area (TPSA) is 40.6 Å². The fourth-order valence-electron chi connectivity index (χ4n) is 3.85. The molecule has 0 aliphatic carbocycles. The summed E-state index contributed by atoms with van der Waals surface area (Å²) in [5.41, 5.74) is -0.509. The van der Waals surface area contributed by atoms with Crippen molar-refractivity contribution in [2.75, 3.05) is 25.1 Å². The molecule has 0 N–H and O–H groups in total. The lowest BCUT2D eigenvalue weighted by Crippen LogP contribution is -2.58. The Morgan fingerprint density at radius 1 is 1.45 bits per heavy atom. The lowest BCUT2D eigenvalue weighted by atomic mass is 9.68. The molecular weight excluding hydrogens is 322 g/mol. The molecule has 1 aliphatic rings. The molecule has 1 aliphatic heterocycles. The minimum Gasteiger partial charge on any atom is -0.284 e. The molecule has 0 aromatic rings. The monoisotopic (exact) mass is 350 g/mol. The molecule has 0 radical (unpaired) electrons. The van der Waals surface area contributed by atoms with Crippen molar-refractivity contribution in [1.82, 2.24) is 9.57 Å². The summed E-state index contributed by atoms with van der Waals surface area (Å²) in [5.74, 6) is -0.136. The highest BCUT2D eigenvalue weighted by Crippen LogP contribution is 2.42. The lowest BCUT2D eigenvalue weighted by Gasteiger charge is -2.48. The van der Waals surface area contributed by atoms with Crippen LogP contribution in [0.5, 0.6) is 0 Å². The smallest absolute Gasteiger partial charge is 0.239 e. The van der Waals surface area contributed by atoms with Gasteiger partial charge in [-0.15, -0.1) is 0 Å². The van der Waals surface area contributed by atoms with Crippen LogP contribution in [0.2, 0.25) is 0 Å². The maximum Gasteiger partial charge on any atom is 0.239 e. The first-order chi connectivity index (χ1) is 10.0. The number of amides is 2. The Labute approximate surface area is 139 Å². The van der Waals surface area contributed by atoms with Crippen LogP contribution in [0, 0.1) is 10.8 Å². The number of halogens is 1. The average molecular weight is 350 g/mol. The van der Waals surface area contributed by atoms with E-state index in [9.17, 15) is 14.0 Å². The molecule has 2 amide bonds. The Balaban J connectivity index is 3.19. The molecule has 1 fully saturated rings. The predicted molar refractivity (Wildman–Crippen MR) is 93.4 cm³/mol. The minimum atomic E-state index is -1.26. The Kier molecular flexibility index (Phi) is 6.85. The van der Waals surface area contributed by atoms with Crippen molar-refractivity contribution in [3.63, 3.8) is 0 Å². The molecule has 1 saturated heterocycles. The van der Waals surface area contributed by atoms with Crippen molar-refractivity contribution in [2.45, 2.75) is 46.3 Å². The van der Waals surface area contributed by atoms with E-state index in [1.807, 2.05) is 18.5 Å². The third-order valence-corrected chi connectivity index (χ3v) is 5.02. The number of imide groups is 1. The van der Waals surface area contributed by atoms with Crippen LogP contribution in [0.15, 0.2) is 0 Å². The summed E-state index contributed by atoms with van der Waals surface area (Å²) >= 11 is 1.34. The summed E-state index contributed by atoms with van der Waals surface area (Å²) in [7, 11) is 2.56. The predicted octanol–water partition coefficient (Wildman–Crippen LogP) is 2.59. The third kappa shape index (κ3) is 4.90. The second-order valence-corrected chi connectivity index (χ2v) is 9.16. The molecule has 0 spiro atoms. The summed E-state index contributed by atoms with van der Waals surface area (Å²) < 4.78 is 16.8. The van der Waals surface area contributed by atoms with Gasteiger partial charge in [-0.25, -0.2) is 4.39 Å². The molecule has 1 heterocycles. The van der Waals surface area contributed by atoms with Crippen LogP contribution in [0.3, 0.4) is 0 Å². The maximum atomic E-state index is 14.9. The van der Waals surface area contributed by atoms with E-state index >= 15 is 0 Å². The van der Waals surface area contributed by atoms with Gasteiger partial charge in [0.1, 0.15) is 6.17 Å². The number of carbonyl (C=O) groups excluding carboxylic acids is 2. The van der Waals surface area contributed by atoms with Gasteiger partial charge in [-0.05, 0) is 23.5 Å². The molecule has 0 bridgehead atoms. The first-order valence-corrected chi connectivity index (χ1v) is 9.34. The SMILES string of the molecule is CSCC(=O)N(C=O)C1C(F)CN(P)CC(C)(C)CC1(C)C. The standard InChI is InChI=1S/C15H28FN2O2PS/c1-14(2)8-15(3,4)13(11(16)6-17(21)9-14)18(10-19)12(20)7-22-5/h10-11,13H,6-9,21H2,1-5H3. The molecule has 0 aromatic carbocycles. The van der Waals surface area contributed by atoms with Gasteiger partial charge in [-0.3, -0.25) is 19.2 Å². The summed E-state index contributed by atoms with van der Waals surface area (Å²) in [4.78, 5) is 24.8. The summed E-state index contributed by atoms with van der Waals surface area (Å²) in [6.45, 7) is 9.13. The van der Waals surface area contributed by atoms with E-state index < -0.39 is 17.6 Å². The zero-order valence-corrected chi connectivity index (χ0v) is 16.1. The van der Waals surface area contributed by atoms with Crippen molar-refractivity contribution >= 4 is 33.5 Å². The normalized spacial score (nSPS) is 28.5. The number of rotatable bonds is 4. The van der Waals surface area contributed by atoms with Gasteiger partial charge in [0.2, 0.25) is 12.3 Å². The van der Waals surface area contributed by atoms with Crippen molar-refractivity contribution in [2.24, 2.45) is 10.8 Å². The van der Waals surface area contributed by atoms with Crippen molar-refractivity contribution < 1.29 is 14.0 Å². The molecule has 0 aromatic heterocycles. The first-order valence-electron chi connectivity index (χ1n) is 7.43. The lowest BCUT2D eigenvalue weighted by molar-refractivity contribution is -0.146. The Bertz CT molecular complexity index is 420. The zero-order chi connectivity index (χ0) is 17.1. The molecule has 128 valence electrons.